The summed E-state index contributed by atoms with van der Waals surface area (Å²) in [5, 5.41) is 8.95. The van der Waals surface area contributed by atoms with Crippen molar-refractivity contribution in [3.05, 3.63) is 29.8 Å². The molecule has 1 aromatic carbocycles. The summed E-state index contributed by atoms with van der Waals surface area (Å²) >= 11 is 0. The third-order valence-electron chi connectivity index (χ3n) is 5.02. The van der Waals surface area contributed by atoms with Crippen molar-refractivity contribution in [1.29, 1.82) is 0 Å². The predicted molar refractivity (Wildman–Crippen MR) is 102 cm³/mol. The van der Waals surface area contributed by atoms with Crippen molar-refractivity contribution in [1.82, 2.24) is 9.21 Å². The van der Waals surface area contributed by atoms with E-state index < -0.39 is 16.0 Å². The van der Waals surface area contributed by atoms with Crippen LogP contribution in [0.4, 0.5) is 0 Å². The number of rotatable bonds is 5. The molecule has 26 heavy (non-hydrogen) atoms. The molecule has 0 amide bonds. The number of sulfonamides is 1. The quantitative estimate of drug-likeness (QED) is 0.847. The van der Waals surface area contributed by atoms with Crippen LogP contribution in [-0.4, -0.2) is 61.4 Å². The Hall–Kier alpha value is -1.44. The van der Waals surface area contributed by atoms with Crippen LogP contribution in [0.1, 0.15) is 45.6 Å². The average molecular weight is 383 g/mol. The van der Waals surface area contributed by atoms with Gasteiger partial charge in [-0.2, -0.15) is 4.31 Å². The third-order valence-corrected chi connectivity index (χ3v) is 6.94. The number of likely N-dealkylation sites (N-methyl/N-ethyl adjacent to an activating group) is 1. The van der Waals surface area contributed by atoms with Gasteiger partial charge in [-0.3, -0.25) is 9.69 Å². The Morgan fingerprint density at radius 2 is 1.81 bits per heavy atom. The van der Waals surface area contributed by atoms with Crippen LogP contribution < -0.4 is 0 Å². The van der Waals surface area contributed by atoms with Crippen LogP contribution in [0.15, 0.2) is 29.2 Å². The van der Waals surface area contributed by atoms with Crippen molar-refractivity contribution in [2.24, 2.45) is 0 Å². The van der Waals surface area contributed by atoms with Crippen LogP contribution in [0, 0.1) is 0 Å². The van der Waals surface area contributed by atoms with E-state index in [1.165, 1.54) is 4.31 Å². The zero-order valence-electron chi connectivity index (χ0n) is 16.1. The van der Waals surface area contributed by atoms with Crippen LogP contribution in [0.5, 0.6) is 0 Å². The highest BCUT2D eigenvalue weighted by molar-refractivity contribution is 7.89. The molecule has 6 nitrogen and oxygen atoms in total. The molecule has 1 unspecified atom stereocenters. The molecule has 1 heterocycles. The molecule has 146 valence electrons. The van der Waals surface area contributed by atoms with Gasteiger partial charge in [0, 0.05) is 19.1 Å². The second-order valence-electron chi connectivity index (χ2n) is 8.07. The molecule has 1 saturated heterocycles. The summed E-state index contributed by atoms with van der Waals surface area (Å²) in [5.41, 5.74) is 1.08. The zero-order chi connectivity index (χ0) is 19.5. The normalized spacial score (nSPS) is 20.1. The van der Waals surface area contributed by atoms with E-state index in [9.17, 15) is 13.2 Å². The molecule has 1 fully saturated rings. The molecular weight excluding hydrogens is 352 g/mol. The molecule has 2 rings (SSSR count). The molecule has 1 atom stereocenters. The highest BCUT2D eigenvalue weighted by Crippen LogP contribution is 2.26. The summed E-state index contributed by atoms with van der Waals surface area (Å²) in [4.78, 5) is 13.0. The third kappa shape index (κ3) is 5.05. The van der Waals surface area contributed by atoms with Gasteiger partial charge >= 0.3 is 5.97 Å². The molecule has 1 aromatic rings. The minimum atomic E-state index is -3.52. The minimum absolute atomic E-state index is 0.0210. The molecule has 1 aliphatic rings. The van der Waals surface area contributed by atoms with Crippen molar-refractivity contribution in [3.8, 4) is 0 Å². The zero-order valence-corrected chi connectivity index (χ0v) is 16.9. The number of carboxylic acids is 1. The highest BCUT2D eigenvalue weighted by atomic mass is 32.2. The van der Waals surface area contributed by atoms with Crippen LogP contribution in [-0.2, 0) is 20.2 Å². The van der Waals surface area contributed by atoms with Crippen molar-refractivity contribution in [2.45, 2.75) is 56.4 Å². The van der Waals surface area contributed by atoms with Crippen LogP contribution in [0.25, 0.3) is 0 Å². The van der Waals surface area contributed by atoms with E-state index in [0.29, 0.717) is 24.4 Å². The number of carbonyl (C=O) groups is 1. The van der Waals surface area contributed by atoms with Crippen LogP contribution >= 0.6 is 0 Å². The Morgan fingerprint density at radius 3 is 2.35 bits per heavy atom. The molecule has 7 heteroatoms. The summed E-state index contributed by atoms with van der Waals surface area (Å²) in [6, 6.07) is 7.24. The van der Waals surface area contributed by atoms with Gasteiger partial charge in [0.2, 0.25) is 10.0 Å². The lowest BCUT2D eigenvalue weighted by Crippen LogP contribution is -2.37. The fourth-order valence-electron chi connectivity index (χ4n) is 3.35. The summed E-state index contributed by atoms with van der Waals surface area (Å²) in [6.07, 6.45) is 2.18. The smallest absolute Gasteiger partial charge is 0.317 e. The van der Waals surface area contributed by atoms with E-state index in [4.69, 9.17) is 5.11 Å². The molecule has 0 radical (unpaired) electrons. The van der Waals surface area contributed by atoms with Gasteiger partial charge in [0.1, 0.15) is 0 Å². The summed E-state index contributed by atoms with van der Waals surface area (Å²) in [6.45, 7) is 7.15. The summed E-state index contributed by atoms with van der Waals surface area (Å²) in [7, 11) is -1.74. The second-order valence-corrected chi connectivity index (χ2v) is 10.0. The van der Waals surface area contributed by atoms with E-state index in [1.807, 2.05) is 12.1 Å². The van der Waals surface area contributed by atoms with E-state index in [2.05, 4.69) is 20.8 Å². The first kappa shape index (κ1) is 20.9. The second kappa shape index (κ2) is 8.06. The molecule has 0 aliphatic carbocycles. The SMILES string of the molecule is CN(CC(=O)O)C1CCCN(S(=O)(=O)c2ccc(C(C)(C)C)cc2)CC1. The van der Waals surface area contributed by atoms with E-state index >= 15 is 0 Å². The first-order valence-corrected chi connectivity index (χ1v) is 10.5. The maximum atomic E-state index is 13.0. The topological polar surface area (TPSA) is 77.9 Å². The van der Waals surface area contributed by atoms with Crippen LogP contribution in [0.3, 0.4) is 0 Å². The van der Waals surface area contributed by atoms with E-state index in [-0.39, 0.29) is 18.0 Å². The molecule has 0 bridgehead atoms. The largest absolute Gasteiger partial charge is 0.480 e. The lowest BCUT2D eigenvalue weighted by molar-refractivity contribution is -0.138. The Kier molecular flexibility index (Phi) is 6.47. The first-order valence-electron chi connectivity index (χ1n) is 9.04. The van der Waals surface area contributed by atoms with Gasteiger partial charge in [-0.1, -0.05) is 32.9 Å². The van der Waals surface area contributed by atoms with E-state index in [1.54, 1.807) is 24.1 Å². The molecule has 0 aromatic heterocycles. The summed E-state index contributed by atoms with van der Waals surface area (Å²) < 4.78 is 27.5. The maximum Gasteiger partial charge on any atom is 0.317 e. The highest BCUT2D eigenvalue weighted by Gasteiger charge is 2.29. The monoisotopic (exact) mass is 382 g/mol. The minimum Gasteiger partial charge on any atom is -0.480 e. The van der Waals surface area contributed by atoms with Crippen molar-refractivity contribution in [2.75, 3.05) is 26.7 Å². The number of aliphatic carboxylic acids is 1. The molecule has 0 spiro atoms. The molecule has 1 aliphatic heterocycles. The van der Waals surface area contributed by atoms with Crippen molar-refractivity contribution < 1.29 is 18.3 Å². The molecule has 0 saturated carbocycles. The average Bonchev–Trinajstić information content (AvgIpc) is 2.80. The first-order chi connectivity index (χ1) is 12.0. The Labute approximate surface area is 156 Å². The number of hydrogen-bond donors (Lipinski definition) is 1. The Balaban J connectivity index is 2.11. The van der Waals surface area contributed by atoms with Gasteiger partial charge < -0.3 is 5.11 Å². The molecule has 1 N–H and O–H groups in total. The maximum absolute atomic E-state index is 13.0. The number of nitrogens with zero attached hydrogens (tertiary/aromatic N) is 2. The Bertz CT molecular complexity index is 723. The standard InChI is InChI=1S/C19H30N2O4S/c1-19(2,3)15-7-9-17(10-8-15)26(24,25)21-12-5-6-16(11-13-21)20(4)14-18(22)23/h7-10,16H,5-6,11-14H2,1-4H3,(H,22,23). The Morgan fingerprint density at radius 1 is 1.19 bits per heavy atom. The van der Waals surface area contributed by atoms with Gasteiger partial charge in [0.25, 0.3) is 0 Å². The van der Waals surface area contributed by atoms with Crippen LogP contribution in [0.2, 0.25) is 0 Å². The number of benzene rings is 1. The van der Waals surface area contributed by atoms with Gasteiger partial charge in [0.05, 0.1) is 11.4 Å². The van der Waals surface area contributed by atoms with Gasteiger partial charge in [0.15, 0.2) is 0 Å². The lowest BCUT2D eigenvalue weighted by Gasteiger charge is -2.25. The van der Waals surface area contributed by atoms with Crippen molar-refractivity contribution >= 4 is 16.0 Å². The van der Waals surface area contributed by atoms with E-state index in [0.717, 1.165) is 18.4 Å². The number of carboxylic acid groups (broad SMARTS) is 1. The van der Waals surface area contributed by atoms with Crippen molar-refractivity contribution in [3.63, 3.8) is 0 Å². The fourth-order valence-corrected chi connectivity index (χ4v) is 4.85. The van der Waals surface area contributed by atoms with Gasteiger partial charge in [-0.05, 0) is 49.4 Å². The summed E-state index contributed by atoms with van der Waals surface area (Å²) in [5.74, 6) is -0.861. The predicted octanol–water partition coefficient (Wildman–Crippen LogP) is 2.54. The lowest BCUT2D eigenvalue weighted by atomic mass is 9.87. The van der Waals surface area contributed by atoms with Gasteiger partial charge in [-0.25, -0.2) is 8.42 Å². The fraction of sp³-hybridized carbons (Fsp3) is 0.632. The molecular formula is C19H30N2O4S. The number of hydrogen-bond acceptors (Lipinski definition) is 4. The van der Waals surface area contributed by atoms with Gasteiger partial charge in [-0.15, -0.1) is 0 Å².